The van der Waals surface area contributed by atoms with E-state index in [2.05, 4.69) is 10.3 Å². The van der Waals surface area contributed by atoms with Crippen molar-refractivity contribution >= 4 is 11.9 Å². The van der Waals surface area contributed by atoms with Gasteiger partial charge in [0, 0.05) is 12.2 Å². The zero-order valence-corrected chi connectivity index (χ0v) is 12.2. The van der Waals surface area contributed by atoms with Crippen LogP contribution in [0.5, 0.6) is 0 Å². The van der Waals surface area contributed by atoms with E-state index in [0.29, 0.717) is 24.2 Å². The number of pyridine rings is 1. The maximum Gasteiger partial charge on any atom is 0.306 e. The third-order valence-electron chi connectivity index (χ3n) is 4.09. The van der Waals surface area contributed by atoms with Gasteiger partial charge in [-0.3, -0.25) is 14.4 Å². The highest BCUT2D eigenvalue weighted by atomic mass is 16.4. The quantitative estimate of drug-likeness (QED) is 0.777. The number of aromatic nitrogens is 1. The molecule has 0 aliphatic heterocycles. The molecule has 21 heavy (non-hydrogen) atoms. The van der Waals surface area contributed by atoms with Crippen LogP contribution in [0.1, 0.15) is 40.9 Å². The van der Waals surface area contributed by atoms with E-state index in [1.165, 1.54) is 0 Å². The highest BCUT2D eigenvalue weighted by Crippen LogP contribution is 2.31. The van der Waals surface area contributed by atoms with Crippen LogP contribution in [0.4, 0.5) is 0 Å². The molecule has 6 nitrogen and oxygen atoms in total. The fourth-order valence-corrected chi connectivity index (χ4v) is 3.05. The van der Waals surface area contributed by atoms with Gasteiger partial charge in [0.05, 0.1) is 5.92 Å². The second-order valence-electron chi connectivity index (χ2n) is 5.69. The molecule has 1 aromatic rings. The summed E-state index contributed by atoms with van der Waals surface area (Å²) in [6.07, 6.45) is 2.31. The van der Waals surface area contributed by atoms with Crippen molar-refractivity contribution in [3.63, 3.8) is 0 Å². The number of carboxylic acids is 1. The SMILES string of the molecule is Cc1cc(C)c(C(=O)NCC2CCCC2C(=O)O)c(=O)[nH]1. The first-order valence-electron chi connectivity index (χ1n) is 7.11. The minimum absolute atomic E-state index is 0.0590. The monoisotopic (exact) mass is 292 g/mol. The van der Waals surface area contributed by atoms with Gasteiger partial charge in [-0.15, -0.1) is 0 Å². The number of nitrogens with one attached hydrogen (secondary N) is 2. The Morgan fingerprint density at radius 1 is 1.38 bits per heavy atom. The van der Waals surface area contributed by atoms with Crippen molar-refractivity contribution in [1.29, 1.82) is 0 Å². The van der Waals surface area contributed by atoms with E-state index < -0.39 is 23.4 Å². The summed E-state index contributed by atoms with van der Waals surface area (Å²) in [5.41, 5.74) is 1.02. The predicted molar refractivity (Wildman–Crippen MR) is 77.3 cm³/mol. The third kappa shape index (κ3) is 3.32. The van der Waals surface area contributed by atoms with E-state index >= 15 is 0 Å². The number of aromatic amines is 1. The lowest BCUT2D eigenvalue weighted by molar-refractivity contribution is -0.142. The van der Waals surface area contributed by atoms with Crippen molar-refractivity contribution < 1.29 is 14.7 Å². The number of carbonyl (C=O) groups is 2. The minimum atomic E-state index is -0.809. The summed E-state index contributed by atoms with van der Waals surface area (Å²) in [7, 11) is 0. The molecule has 0 spiro atoms. The van der Waals surface area contributed by atoms with Crippen LogP contribution in [0.15, 0.2) is 10.9 Å². The number of carboxylic acid groups (broad SMARTS) is 1. The molecule has 2 rings (SSSR count). The summed E-state index contributed by atoms with van der Waals surface area (Å²) in [5, 5.41) is 11.8. The molecule has 1 aromatic heterocycles. The van der Waals surface area contributed by atoms with E-state index in [0.717, 1.165) is 12.8 Å². The van der Waals surface area contributed by atoms with Gasteiger partial charge >= 0.3 is 5.97 Å². The van der Waals surface area contributed by atoms with Gasteiger partial charge in [-0.05, 0) is 44.2 Å². The van der Waals surface area contributed by atoms with Crippen LogP contribution in [0.2, 0.25) is 0 Å². The maximum atomic E-state index is 12.2. The molecule has 0 bridgehead atoms. The van der Waals surface area contributed by atoms with Gasteiger partial charge in [-0.25, -0.2) is 0 Å². The first kappa shape index (κ1) is 15.3. The van der Waals surface area contributed by atoms with Crippen LogP contribution in [-0.2, 0) is 4.79 Å². The Kier molecular flexibility index (Phi) is 4.45. The molecular formula is C15H20N2O4. The fourth-order valence-electron chi connectivity index (χ4n) is 3.05. The maximum absolute atomic E-state index is 12.2. The second kappa shape index (κ2) is 6.11. The van der Waals surface area contributed by atoms with Gasteiger partial charge in [0.2, 0.25) is 0 Å². The van der Waals surface area contributed by atoms with E-state index in [4.69, 9.17) is 5.11 Å². The lowest BCUT2D eigenvalue weighted by Crippen LogP contribution is -2.36. The molecule has 0 saturated heterocycles. The Morgan fingerprint density at radius 2 is 2.10 bits per heavy atom. The van der Waals surface area contributed by atoms with Gasteiger partial charge < -0.3 is 15.4 Å². The summed E-state index contributed by atoms with van der Waals surface area (Å²) in [6.45, 7) is 3.77. The number of aliphatic carboxylic acids is 1. The Balaban J connectivity index is 2.06. The van der Waals surface area contributed by atoms with Crippen LogP contribution < -0.4 is 10.9 Å². The average Bonchev–Trinajstić information content (AvgIpc) is 2.83. The smallest absolute Gasteiger partial charge is 0.306 e. The topological polar surface area (TPSA) is 99.3 Å². The van der Waals surface area contributed by atoms with E-state index in [1.807, 2.05) is 0 Å². The highest BCUT2D eigenvalue weighted by Gasteiger charge is 2.33. The normalized spacial score (nSPS) is 21.2. The number of rotatable bonds is 4. The van der Waals surface area contributed by atoms with Gasteiger partial charge in [-0.2, -0.15) is 0 Å². The van der Waals surface area contributed by atoms with E-state index in [1.54, 1.807) is 19.9 Å². The molecule has 1 aliphatic carbocycles. The molecule has 1 heterocycles. The Bertz CT molecular complexity index is 621. The Labute approximate surface area is 122 Å². The van der Waals surface area contributed by atoms with Crippen molar-refractivity contribution in [1.82, 2.24) is 10.3 Å². The fraction of sp³-hybridized carbons (Fsp3) is 0.533. The zero-order chi connectivity index (χ0) is 15.6. The number of amides is 1. The summed E-state index contributed by atoms with van der Waals surface area (Å²) < 4.78 is 0. The Morgan fingerprint density at radius 3 is 2.71 bits per heavy atom. The van der Waals surface area contributed by atoms with Crippen LogP contribution in [0, 0.1) is 25.7 Å². The summed E-state index contributed by atoms with van der Waals surface area (Å²) in [5.74, 6) is -1.71. The van der Waals surface area contributed by atoms with Crippen LogP contribution >= 0.6 is 0 Å². The second-order valence-corrected chi connectivity index (χ2v) is 5.69. The first-order chi connectivity index (χ1) is 9.90. The van der Waals surface area contributed by atoms with Gasteiger partial charge in [0.25, 0.3) is 11.5 Å². The molecule has 1 aliphatic rings. The summed E-state index contributed by atoms with van der Waals surface area (Å²) in [4.78, 5) is 37.7. The van der Waals surface area contributed by atoms with Crippen molar-refractivity contribution in [2.24, 2.45) is 11.8 Å². The molecule has 0 aromatic carbocycles. The first-order valence-corrected chi connectivity index (χ1v) is 7.11. The summed E-state index contributed by atoms with van der Waals surface area (Å²) >= 11 is 0. The van der Waals surface area contributed by atoms with Crippen molar-refractivity contribution in [2.75, 3.05) is 6.54 Å². The molecule has 2 unspecified atom stereocenters. The largest absolute Gasteiger partial charge is 0.481 e. The number of carbonyl (C=O) groups excluding carboxylic acids is 1. The van der Waals surface area contributed by atoms with E-state index in [-0.39, 0.29) is 11.5 Å². The van der Waals surface area contributed by atoms with Gasteiger partial charge in [0.1, 0.15) is 5.56 Å². The molecule has 114 valence electrons. The molecule has 0 radical (unpaired) electrons. The zero-order valence-electron chi connectivity index (χ0n) is 12.2. The standard InChI is InChI=1S/C15H20N2O4/c1-8-6-9(2)17-14(19)12(8)13(18)16-7-10-4-3-5-11(10)15(20)21/h6,10-11H,3-5,7H2,1-2H3,(H,16,18)(H,17,19)(H,20,21). The lowest BCUT2D eigenvalue weighted by atomic mass is 9.96. The predicted octanol–water partition coefficient (Wildman–Crippen LogP) is 1.22. The average molecular weight is 292 g/mol. The molecule has 1 amide bonds. The van der Waals surface area contributed by atoms with E-state index in [9.17, 15) is 14.4 Å². The van der Waals surface area contributed by atoms with Crippen molar-refractivity contribution in [2.45, 2.75) is 33.1 Å². The van der Waals surface area contributed by atoms with Gasteiger partial charge in [-0.1, -0.05) is 6.42 Å². The van der Waals surface area contributed by atoms with Crippen molar-refractivity contribution in [3.8, 4) is 0 Å². The number of aryl methyl sites for hydroxylation is 2. The molecule has 1 saturated carbocycles. The van der Waals surface area contributed by atoms with Crippen LogP contribution in [0.3, 0.4) is 0 Å². The number of hydrogen-bond acceptors (Lipinski definition) is 3. The molecule has 6 heteroatoms. The Hall–Kier alpha value is -2.11. The number of H-pyrrole nitrogens is 1. The van der Waals surface area contributed by atoms with Crippen LogP contribution in [-0.4, -0.2) is 28.5 Å². The lowest BCUT2D eigenvalue weighted by Gasteiger charge is -2.16. The minimum Gasteiger partial charge on any atom is -0.481 e. The van der Waals surface area contributed by atoms with Crippen molar-refractivity contribution in [3.05, 3.63) is 33.2 Å². The summed E-state index contributed by atoms with van der Waals surface area (Å²) in [6, 6.07) is 1.74. The number of hydrogen-bond donors (Lipinski definition) is 3. The molecule has 2 atom stereocenters. The molecule has 1 fully saturated rings. The van der Waals surface area contributed by atoms with Crippen LogP contribution in [0.25, 0.3) is 0 Å². The highest BCUT2D eigenvalue weighted by molar-refractivity contribution is 5.95. The molecular weight excluding hydrogens is 272 g/mol. The molecule has 3 N–H and O–H groups in total. The van der Waals surface area contributed by atoms with Gasteiger partial charge in [0.15, 0.2) is 0 Å². The third-order valence-corrected chi connectivity index (χ3v) is 4.09.